The minimum Gasteiger partial charge on any atom is -0.356 e. The van der Waals surface area contributed by atoms with E-state index in [9.17, 15) is 31.1 Å². The number of benzene rings is 1. The van der Waals surface area contributed by atoms with Crippen LogP contribution in [0.25, 0.3) is 11.3 Å². The number of piperazine rings is 1. The number of carbonyl (C=O) groups is 1. The lowest BCUT2D eigenvalue weighted by molar-refractivity contribution is -0.284. The molecular weight excluding hydrogens is 428 g/mol. The van der Waals surface area contributed by atoms with Gasteiger partial charge in [-0.3, -0.25) is 9.69 Å². The van der Waals surface area contributed by atoms with Gasteiger partial charge in [0.05, 0.1) is 5.69 Å². The molecule has 170 valence electrons. The highest BCUT2D eigenvalue weighted by Gasteiger charge is 2.57. The highest BCUT2D eigenvalue weighted by atomic mass is 19.4. The summed E-state index contributed by atoms with van der Waals surface area (Å²) >= 11 is 0. The van der Waals surface area contributed by atoms with Crippen LogP contribution in [0.3, 0.4) is 0 Å². The molecule has 0 radical (unpaired) electrons. The van der Waals surface area contributed by atoms with Crippen LogP contribution in [0.1, 0.15) is 17.7 Å². The summed E-state index contributed by atoms with van der Waals surface area (Å²) in [6, 6.07) is 9.46. The van der Waals surface area contributed by atoms with Gasteiger partial charge in [0, 0.05) is 50.8 Å². The van der Waals surface area contributed by atoms with Crippen LogP contribution < -0.4 is 0 Å². The summed E-state index contributed by atoms with van der Waals surface area (Å²) in [5.41, 5.74) is 2.61. The Kier molecular flexibility index (Phi) is 6.63. The van der Waals surface area contributed by atoms with Gasteiger partial charge in [-0.25, -0.2) is 0 Å². The number of aryl methyl sites for hydroxylation is 1. The van der Waals surface area contributed by atoms with Gasteiger partial charge in [0.1, 0.15) is 0 Å². The van der Waals surface area contributed by atoms with Gasteiger partial charge in [0.2, 0.25) is 5.91 Å². The summed E-state index contributed by atoms with van der Waals surface area (Å²) in [5.74, 6) is -4.21. The molecule has 1 aliphatic rings. The number of hydrogen-bond donors (Lipinski definition) is 0. The van der Waals surface area contributed by atoms with E-state index >= 15 is 0 Å². The lowest BCUT2D eigenvalue weighted by Crippen LogP contribution is -2.50. The first-order valence-electron chi connectivity index (χ1n) is 9.59. The van der Waals surface area contributed by atoms with Crippen molar-refractivity contribution in [2.75, 3.05) is 26.2 Å². The number of carbonyl (C=O) groups excluding carboxylic acids is 1. The van der Waals surface area contributed by atoms with E-state index < -0.39 is 30.6 Å². The summed E-state index contributed by atoms with van der Waals surface area (Å²) in [6.45, 7) is 3.06. The second-order valence-electron chi connectivity index (χ2n) is 7.55. The zero-order chi connectivity index (χ0) is 22.8. The normalized spacial score (nSPS) is 16.2. The second-order valence-corrected chi connectivity index (χ2v) is 7.55. The van der Waals surface area contributed by atoms with Gasteiger partial charge >= 0.3 is 12.4 Å². The van der Waals surface area contributed by atoms with Crippen molar-refractivity contribution in [3.05, 3.63) is 41.6 Å². The van der Waals surface area contributed by atoms with Crippen molar-refractivity contribution in [1.82, 2.24) is 15.0 Å². The molecule has 1 aromatic carbocycles. The number of rotatable bonds is 5. The maximum atomic E-state index is 12.7. The Morgan fingerprint density at radius 3 is 2.16 bits per heavy atom. The molecule has 5 nitrogen and oxygen atoms in total. The SMILES string of the molecule is Cc1ccc(-c2cc(CN3CCN(C(=O)CC(C(F)(F)F)C(F)(F)F)CC3)no2)cc1. The summed E-state index contributed by atoms with van der Waals surface area (Å²) in [5, 5.41) is 4.01. The predicted octanol–water partition coefficient (Wildman–Crippen LogP) is 4.43. The molecule has 1 aromatic heterocycles. The van der Waals surface area contributed by atoms with Crippen molar-refractivity contribution >= 4 is 5.91 Å². The lowest BCUT2D eigenvalue weighted by Gasteiger charge is -2.35. The van der Waals surface area contributed by atoms with E-state index in [4.69, 9.17) is 4.52 Å². The first-order chi connectivity index (χ1) is 14.4. The van der Waals surface area contributed by atoms with Crippen molar-refractivity contribution in [2.45, 2.75) is 32.2 Å². The molecule has 0 N–H and O–H groups in total. The number of amides is 1. The van der Waals surface area contributed by atoms with E-state index in [1.54, 1.807) is 6.07 Å². The third-order valence-electron chi connectivity index (χ3n) is 5.17. The molecule has 2 aromatic rings. The van der Waals surface area contributed by atoms with Crippen LogP contribution in [0.5, 0.6) is 0 Å². The highest BCUT2D eigenvalue weighted by Crippen LogP contribution is 2.41. The van der Waals surface area contributed by atoms with Crippen LogP contribution in [0.4, 0.5) is 26.3 Å². The van der Waals surface area contributed by atoms with Gasteiger partial charge in [-0.05, 0) is 6.92 Å². The Morgan fingerprint density at radius 1 is 1.03 bits per heavy atom. The maximum Gasteiger partial charge on any atom is 0.400 e. The van der Waals surface area contributed by atoms with Crippen LogP contribution in [-0.4, -0.2) is 59.4 Å². The number of aromatic nitrogens is 1. The van der Waals surface area contributed by atoms with Gasteiger partial charge in [-0.2, -0.15) is 26.3 Å². The molecule has 1 saturated heterocycles. The number of nitrogens with zero attached hydrogens (tertiary/aromatic N) is 3. The topological polar surface area (TPSA) is 49.6 Å². The summed E-state index contributed by atoms with van der Waals surface area (Å²) in [4.78, 5) is 15.0. The van der Waals surface area contributed by atoms with Gasteiger partial charge < -0.3 is 9.42 Å². The van der Waals surface area contributed by atoms with Crippen molar-refractivity contribution in [2.24, 2.45) is 5.92 Å². The van der Waals surface area contributed by atoms with Crippen LogP contribution in [0.2, 0.25) is 0 Å². The Labute approximate surface area is 174 Å². The maximum absolute atomic E-state index is 12.7. The first-order valence-corrected chi connectivity index (χ1v) is 9.59. The van der Waals surface area contributed by atoms with E-state index in [1.807, 2.05) is 36.1 Å². The van der Waals surface area contributed by atoms with E-state index in [1.165, 1.54) is 0 Å². The molecular formula is C20H21F6N3O2. The smallest absolute Gasteiger partial charge is 0.356 e. The average Bonchev–Trinajstić information content (AvgIpc) is 3.13. The molecule has 0 unspecified atom stereocenters. The monoisotopic (exact) mass is 449 g/mol. The summed E-state index contributed by atoms with van der Waals surface area (Å²) in [6.07, 6.45) is -12.7. The van der Waals surface area contributed by atoms with Crippen LogP contribution in [0.15, 0.2) is 34.9 Å². The predicted molar refractivity (Wildman–Crippen MR) is 98.8 cm³/mol. The molecule has 0 saturated carbocycles. The Morgan fingerprint density at radius 2 is 1.61 bits per heavy atom. The van der Waals surface area contributed by atoms with Crippen LogP contribution in [0, 0.1) is 12.8 Å². The fourth-order valence-electron chi connectivity index (χ4n) is 3.35. The van der Waals surface area contributed by atoms with Gasteiger partial charge in [-0.1, -0.05) is 35.0 Å². The van der Waals surface area contributed by atoms with Gasteiger partial charge in [0.15, 0.2) is 11.7 Å². The molecule has 2 heterocycles. The number of halogens is 6. The summed E-state index contributed by atoms with van der Waals surface area (Å²) in [7, 11) is 0. The number of hydrogen-bond acceptors (Lipinski definition) is 4. The molecule has 0 atom stereocenters. The van der Waals surface area contributed by atoms with Crippen LogP contribution in [-0.2, 0) is 11.3 Å². The Bertz CT molecular complexity index is 870. The quantitative estimate of drug-likeness (QED) is 0.634. The van der Waals surface area contributed by atoms with E-state index in [0.29, 0.717) is 31.1 Å². The van der Waals surface area contributed by atoms with Crippen LogP contribution >= 0.6 is 0 Å². The molecule has 11 heteroatoms. The van der Waals surface area contributed by atoms with Crippen molar-refractivity contribution < 1.29 is 35.7 Å². The minimum atomic E-state index is -5.52. The Hall–Kier alpha value is -2.56. The third kappa shape index (κ3) is 5.99. The second kappa shape index (κ2) is 8.89. The highest BCUT2D eigenvalue weighted by molar-refractivity contribution is 5.76. The number of alkyl halides is 6. The van der Waals surface area contributed by atoms with E-state index in [0.717, 1.165) is 16.0 Å². The molecule has 0 aliphatic carbocycles. The Balaban J connectivity index is 1.53. The van der Waals surface area contributed by atoms with Crippen molar-refractivity contribution in [3.8, 4) is 11.3 Å². The molecule has 1 aliphatic heterocycles. The van der Waals surface area contributed by atoms with Crippen molar-refractivity contribution in [1.29, 1.82) is 0 Å². The molecule has 0 spiro atoms. The fourth-order valence-corrected chi connectivity index (χ4v) is 3.35. The van der Waals surface area contributed by atoms with E-state index in [2.05, 4.69) is 5.16 Å². The minimum absolute atomic E-state index is 0.0456. The zero-order valence-electron chi connectivity index (χ0n) is 16.6. The lowest BCUT2D eigenvalue weighted by atomic mass is 10.0. The third-order valence-corrected chi connectivity index (χ3v) is 5.17. The molecule has 0 bridgehead atoms. The molecule has 31 heavy (non-hydrogen) atoms. The average molecular weight is 449 g/mol. The molecule has 1 amide bonds. The zero-order valence-corrected chi connectivity index (χ0v) is 16.6. The van der Waals surface area contributed by atoms with Gasteiger partial charge in [-0.15, -0.1) is 0 Å². The largest absolute Gasteiger partial charge is 0.400 e. The fraction of sp³-hybridized carbons (Fsp3) is 0.500. The first kappa shape index (κ1) is 23.1. The standard InChI is InChI=1S/C20H21F6N3O2/c1-13-2-4-14(5-3-13)16-10-15(27-31-16)12-28-6-8-29(9-7-28)18(30)11-17(19(21,22)23)20(24,25)26/h2-5,10,17H,6-9,11-12H2,1H3. The summed E-state index contributed by atoms with van der Waals surface area (Å²) < 4.78 is 81.4. The van der Waals surface area contributed by atoms with Crippen molar-refractivity contribution in [3.63, 3.8) is 0 Å². The van der Waals surface area contributed by atoms with Gasteiger partial charge in [0.25, 0.3) is 0 Å². The molecule has 1 fully saturated rings. The van der Waals surface area contributed by atoms with E-state index in [-0.39, 0.29) is 13.1 Å². The molecule has 3 rings (SSSR count).